The lowest BCUT2D eigenvalue weighted by atomic mass is 9.91. The molecule has 1 N–H and O–H groups in total. The van der Waals surface area contributed by atoms with E-state index in [9.17, 15) is 4.79 Å². The average Bonchev–Trinajstić information content (AvgIpc) is 2.18. The Bertz CT molecular complexity index is 245. The third kappa shape index (κ3) is 2.38. The Morgan fingerprint density at radius 2 is 1.94 bits per heavy atom. The van der Waals surface area contributed by atoms with E-state index in [-0.39, 0.29) is 6.04 Å². The first kappa shape index (κ1) is 11.9. The van der Waals surface area contributed by atoms with Crippen LogP contribution in [0.5, 0.6) is 0 Å². The topological polar surface area (TPSA) is 43.8 Å². The maximum atomic E-state index is 11.1. The quantitative estimate of drug-likeness (QED) is 0.777. The predicted octanol–water partition coefficient (Wildman–Crippen LogP) is 1.02. The molecule has 1 atom stereocenters. The normalized spacial score (nSPS) is 26.3. The van der Waals surface area contributed by atoms with E-state index in [1.165, 1.54) is 19.3 Å². The molecule has 1 saturated carbocycles. The third-order valence-electron chi connectivity index (χ3n) is 4.05. The van der Waals surface area contributed by atoms with Crippen LogP contribution >= 0.6 is 0 Å². The second-order valence-corrected chi connectivity index (χ2v) is 4.92. The summed E-state index contributed by atoms with van der Waals surface area (Å²) in [6, 6.07) is 0.524. The molecular weight excluding hydrogens is 204 g/mol. The van der Waals surface area contributed by atoms with Gasteiger partial charge in [0.05, 0.1) is 0 Å². The Morgan fingerprint density at radius 1 is 1.31 bits per heavy atom. The van der Waals surface area contributed by atoms with Gasteiger partial charge in [-0.3, -0.25) is 14.6 Å². The van der Waals surface area contributed by atoms with Gasteiger partial charge in [-0.05, 0) is 19.3 Å². The van der Waals surface area contributed by atoms with Crippen LogP contribution in [0.15, 0.2) is 0 Å². The van der Waals surface area contributed by atoms with Crippen molar-refractivity contribution in [3.63, 3.8) is 0 Å². The van der Waals surface area contributed by atoms with E-state index in [1.807, 2.05) is 6.92 Å². The lowest BCUT2D eigenvalue weighted by Gasteiger charge is -2.44. The van der Waals surface area contributed by atoms with Gasteiger partial charge in [-0.2, -0.15) is 0 Å². The molecule has 0 spiro atoms. The molecule has 0 bridgehead atoms. The number of piperazine rings is 1. The monoisotopic (exact) mass is 226 g/mol. The van der Waals surface area contributed by atoms with Crippen molar-refractivity contribution in [3.8, 4) is 0 Å². The molecule has 0 aromatic rings. The fourth-order valence-electron chi connectivity index (χ4n) is 2.76. The van der Waals surface area contributed by atoms with Gasteiger partial charge in [0.25, 0.3) is 0 Å². The van der Waals surface area contributed by atoms with Crippen LogP contribution in [0.3, 0.4) is 0 Å². The zero-order valence-corrected chi connectivity index (χ0v) is 10.1. The van der Waals surface area contributed by atoms with Crippen molar-refractivity contribution in [2.45, 2.75) is 44.7 Å². The van der Waals surface area contributed by atoms with E-state index in [0.717, 1.165) is 32.2 Å². The van der Waals surface area contributed by atoms with Gasteiger partial charge in [0.15, 0.2) is 0 Å². The Balaban J connectivity index is 1.81. The lowest BCUT2D eigenvalue weighted by molar-refractivity contribution is -0.144. The molecule has 2 aliphatic rings. The first-order valence-corrected chi connectivity index (χ1v) is 6.43. The van der Waals surface area contributed by atoms with Crippen LogP contribution in [0.2, 0.25) is 0 Å². The second kappa shape index (κ2) is 5.15. The average molecular weight is 226 g/mol. The van der Waals surface area contributed by atoms with E-state index in [1.54, 1.807) is 0 Å². The molecule has 1 saturated heterocycles. The molecule has 92 valence electrons. The first-order chi connectivity index (χ1) is 7.72. The minimum absolute atomic E-state index is 0.274. The summed E-state index contributed by atoms with van der Waals surface area (Å²) in [6.07, 6.45) is 4.77. The summed E-state index contributed by atoms with van der Waals surface area (Å²) in [7, 11) is 0. The minimum Gasteiger partial charge on any atom is -0.480 e. The Morgan fingerprint density at radius 3 is 2.31 bits per heavy atom. The van der Waals surface area contributed by atoms with Gasteiger partial charge in [-0.25, -0.2) is 0 Å². The third-order valence-corrected chi connectivity index (χ3v) is 4.05. The van der Waals surface area contributed by atoms with Crippen LogP contribution < -0.4 is 0 Å². The molecule has 1 aliphatic carbocycles. The van der Waals surface area contributed by atoms with E-state index < -0.39 is 5.97 Å². The van der Waals surface area contributed by atoms with Crippen molar-refractivity contribution >= 4 is 5.97 Å². The smallest absolute Gasteiger partial charge is 0.320 e. The Kier molecular flexibility index (Phi) is 3.82. The summed E-state index contributed by atoms with van der Waals surface area (Å²) in [5.74, 6) is -0.667. The van der Waals surface area contributed by atoms with Gasteiger partial charge in [-0.1, -0.05) is 13.3 Å². The fourth-order valence-corrected chi connectivity index (χ4v) is 2.76. The number of hydrogen-bond acceptors (Lipinski definition) is 3. The molecule has 2 rings (SSSR count). The van der Waals surface area contributed by atoms with Crippen molar-refractivity contribution < 1.29 is 9.90 Å². The van der Waals surface area contributed by atoms with Gasteiger partial charge in [-0.15, -0.1) is 0 Å². The Labute approximate surface area is 97.2 Å². The van der Waals surface area contributed by atoms with Gasteiger partial charge in [0.2, 0.25) is 0 Å². The van der Waals surface area contributed by atoms with Gasteiger partial charge >= 0.3 is 5.97 Å². The number of rotatable bonds is 4. The molecule has 0 aromatic heterocycles. The van der Waals surface area contributed by atoms with Crippen molar-refractivity contribution in [2.24, 2.45) is 0 Å². The van der Waals surface area contributed by atoms with Gasteiger partial charge in [0.1, 0.15) is 6.04 Å². The summed E-state index contributed by atoms with van der Waals surface area (Å²) in [4.78, 5) is 15.7. The number of carbonyl (C=O) groups is 1. The molecule has 4 heteroatoms. The predicted molar refractivity (Wildman–Crippen MR) is 62.5 cm³/mol. The lowest BCUT2D eigenvalue weighted by Crippen LogP contribution is -2.55. The maximum Gasteiger partial charge on any atom is 0.320 e. The number of aliphatic carboxylic acids is 1. The van der Waals surface area contributed by atoms with Crippen LogP contribution in [0.1, 0.15) is 32.6 Å². The van der Waals surface area contributed by atoms with Gasteiger partial charge in [0, 0.05) is 32.2 Å². The molecule has 0 aromatic carbocycles. The number of carboxylic acids is 1. The van der Waals surface area contributed by atoms with Crippen molar-refractivity contribution in [2.75, 3.05) is 26.2 Å². The minimum atomic E-state index is -0.667. The summed E-state index contributed by atoms with van der Waals surface area (Å²) in [5.41, 5.74) is 0. The van der Waals surface area contributed by atoms with Crippen LogP contribution in [0, 0.1) is 0 Å². The number of nitrogens with zero attached hydrogens (tertiary/aromatic N) is 2. The van der Waals surface area contributed by atoms with Crippen molar-refractivity contribution in [3.05, 3.63) is 0 Å². The zero-order chi connectivity index (χ0) is 11.5. The number of carboxylic acid groups (broad SMARTS) is 1. The SMILES string of the molecule is CC[C@H](C(=O)O)N1CCN(C2CCC2)CC1. The first-order valence-electron chi connectivity index (χ1n) is 6.43. The molecule has 0 amide bonds. The maximum absolute atomic E-state index is 11.1. The molecule has 1 aliphatic heterocycles. The molecule has 0 unspecified atom stereocenters. The van der Waals surface area contributed by atoms with E-state index in [0.29, 0.717) is 6.42 Å². The summed E-state index contributed by atoms with van der Waals surface area (Å²) >= 11 is 0. The van der Waals surface area contributed by atoms with Crippen LogP contribution in [0.25, 0.3) is 0 Å². The number of hydrogen-bond donors (Lipinski definition) is 1. The Hall–Kier alpha value is -0.610. The second-order valence-electron chi connectivity index (χ2n) is 4.92. The summed E-state index contributed by atoms with van der Waals surface area (Å²) < 4.78 is 0. The molecule has 2 fully saturated rings. The molecule has 1 heterocycles. The largest absolute Gasteiger partial charge is 0.480 e. The zero-order valence-electron chi connectivity index (χ0n) is 10.1. The fraction of sp³-hybridized carbons (Fsp3) is 0.917. The van der Waals surface area contributed by atoms with E-state index in [4.69, 9.17) is 5.11 Å². The van der Waals surface area contributed by atoms with Crippen molar-refractivity contribution in [1.29, 1.82) is 0 Å². The van der Waals surface area contributed by atoms with Crippen LogP contribution in [-0.2, 0) is 4.79 Å². The highest BCUT2D eigenvalue weighted by molar-refractivity contribution is 5.73. The van der Waals surface area contributed by atoms with E-state index in [2.05, 4.69) is 9.80 Å². The summed E-state index contributed by atoms with van der Waals surface area (Å²) in [5, 5.41) is 9.10. The molecular formula is C12H22N2O2. The molecule has 16 heavy (non-hydrogen) atoms. The van der Waals surface area contributed by atoms with E-state index >= 15 is 0 Å². The van der Waals surface area contributed by atoms with Crippen LogP contribution in [0.4, 0.5) is 0 Å². The standard InChI is InChI=1S/C12H22N2O2/c1-2-11(12(15)16)14-8-6-13(7-9-14)10-4-3-5-10/h10-11H,2-9H2,1H3,(H,15,16)/t11-/m1/s1. The van der Waals surface area contributed by atoms with Crippen LogP contribution in [-0.4, -0.2) is 59.1 Å². The highest BCUT2D eigenvalue weighted by atomic mass is 16.4. The highest BCUT2D eigenvalue weighted by Gasteiger charge is 2.31. The molecule has 0 radical (unpaired) electrons. The molecule has 4 nitrogen and oxygen atoms in total. The van der Waals surface area contributed by atoms with Gasteiger partial charge < -0.3 is 5.11 Å². The van der Waals surface area contributed by atoms with Crippen molar-refractivity contribution in [1.82, 2.24) is 9.80 Å². The highest BCUT2D eigenvalue weighted by Crippen LogP contribution is 2.25. The summed E-state index contributed by atoms with van der Waals surface area (Å²) in [6.45, 7) is 5.89.